The summed E-state index contributed by atoms with van der Waals surface area (Å²) in [5, 5.41) is 2.90. The molecule has 0 saturated carbocycles. The van der Waals surface area contributed by atoms with E-state index >= 15 is 0 Å². The van der Waals surface area contributed by atoms with Gasteiger partial charge >= 0.3 is 6.18 Å². The molecule has 2 aromatic heterocycles. The number of nitrogens with zero attached hydrogens (tertiary/aromatic N) is 2. The quantitative estimate of drug-likeness (QED) is 0.545. The fraction of sp³-hybridized carbons (Fsp3) is 0.407. The Hall–Kier alpha value is -3.32. The van der Waals surface area contributed by atoms with Crippen LogP contribution in [0.5, 0.6) is 0 Å². The van der Waals surface area contributed by atoms with Crippen molar-refractivity contribution in [1.82, 2.24) is 9.55 Å². The van der Waals surface area contributed by atoms with Crippen LogP contribution in [0.2, 0.25) is 0 Å². The fourth-order valence-corrected chi connectivity index (χ4v) is 3.56. The van der Waals surface area contributed by atoms with Crippen LogP contribution in [0.25, 0.3) is 0 Å². The second-order valence-corrected chi connectivity index (χ2v) is 12.1. The molecule has 0 unspecified atom stereocenters. The van der Waals surface area contributed by atoms with Crippen LogP contribution in [0.1, 0.15) is 60.6 Å². The average Bonchev–Trinajstić information content (AvgIpc) is 2.76. The van der Waals surface area contributed by atoms with Gasteiger partial charge in [-0.3, -0.25) is 4.79 Å². The Kier molecular flexibility index (Phi) is 8.87. The molecule has 0 spiro atoms. The molecular weight excluding hydrogens is 503 g/mol. The highest BCUT2D eigenvalue weighted by atomic mass is 32.2. The molecule has 0 saturated heterocycles. The van der Waals surface area contributed by atoms with E-state index in [1.807, 2.05) is 0 Å². The second kappa shape index (κ2) is 11.0. The van der Waals surface area contributed by atoms with Gasteiger partial charge in [-0.15, -0.1) is 0 Å². The minimum Gasteiger partial charge on any atom is -0.377 e. The number of sulfone groups is 1. The minimum absolute atomic E-state index is 0.160. The van der Waals surface area contributed by atoms with Crippen molar-refractivity contribution in [2.45, 2.75) is 58.5 Å². The summed E-state index contributed by atoms with van der Waals surface area (Å²) in [6.07, 6.45) is -3.55. The van der Waals surface area contributed by atoms with Crippen LogP contribution >= 0.6 is 0 Å². The summed E-state index contributed by atoms with van der Waals surface area (Å²) < 4.78 is 64.9. The first-order valence-corrected chi connectivity index (χ1v) is 13.3. The van der Waals surface area contributed by atoms with Crippen LogP contribution in [0.3, 0.4) is 0 Å². The Morgan fingerprint density at radius 1 is 1.05 bits per heavy atom. The summed E-state index contributed by atoms with van der Waals surface area (Å²) in [6.45, 7) is 9.56. The highest BCUT2D eigenvalue weighted by Crippen LogP contribution is 2.35. The molecule has 1 atom stereocenters. The number of rotatable bonds is 4. The highest BCUT2D eigenvalue weighted by molar-refractivity contribution is 7.92. The number of aryl methyl sites for hydroxylation is 3. The Bertz CT molecular complexity index is 1480. The molecule has 10 heteroatoms. The first-order valence-electron chi connectivity index (χ1n) is 11.4. The molecule has 0 radical (unpaired) electrons. The number of alkyl halides is 3. The van der Waals surface area contributed by atoms with E-state index in [2.05, 4.69) is 22.1 Å². The maximum atomic E-state index is 13.6. The number of anilines is 1. The summed E-state index contributed by atoms with van der Waals surface area (Å²) >= 11 is 0. The van der Waals surface area contributed by atoms with Crippen LogP contribution in [-0.2, 0) is 23.1 Å². The van der Waals surface area contributed by atoms with Gasteiger partial charge in [-0.05, 0) is 71.2 Å². The Morgan fingerprint density at radius 3 is 2.24 bits per heavy atom. The number of aromatic nitrogens is 2. The van der Waals surface area contributed by atoms with E-state index in [4.69, 9.17) is 0 Å². The Morgan fingerprint density at radius 2 is 1.68 bits per heavy atom. The molecule has 1 N–H and O–H groups in total. The van der Waals surface area contributed by atoms with Crippen molar-refractivity contribution in [3.8, 4) is 11.8 Å². The molecule has 0 aromatic carbocycles. The van der Waals surface area contributed by atoms with Crippen LogP contribution in [0.4, 0.5) is 18.9 Å². The third kappa shape index (κ3) is 7.59. The first kappa shape index (κ1) is 29.9. The molecule has 2 aromatic rings. The first-order chi connectivity index (χ1) is 16.8. The second-order valence-electron chi connectivity index (χ2n) is 9.54. The lowest BCUT2D eigenvalue weighted by atomic mass is 10.1. The Labute approximate surface area is 216 Å². The van der Waals surface area contributed by atoms with E-state index in [-0.39, 0.29) is 22.6 Å². The molecule has 2 heterocycles. The highest BCUT2D eigenvalue weighted by Gasteiger charge is 2.36. The van der Waals surface area contributed by atoms with E-state index in [1.165, 1.54) is 44.5 Å². The van der Waals surface area contributed by atoms with Gasteiger partial charge in [0.1, 0.15) is 4.75 Å². The molecule has 0 bridgehead atoms. The van der Waals surface area contributed by atoms with Gasteiger partial charge in [0.15, 0.2) is 15.5 Å². The van der Waals surface area contributed by atoms with Gasteiger partial charge in [-0.2, -0.15) is 13.2 Å². The fourth-order valence-electron chi connectivity index (χ4n) is 3.32. The average molecular weight is 536 g/mol. The number of nitrogens with one attached hydrogen (secondary N) is 1. The lowest BCUT2D eigenvalue weighted by Gasteiger charge is -2.19. The number of hydrogen-bond acceptors (Lipinski definition) is 5. The molecular formula is C27H32F3N3O3S. The number of halogens is 3. The molecule has 2 rings (SSSR count). The lowest BCUT2D eigenvalue weighted by Crippen LogP contribution is -2.29. The third-order valence-electron chi connectivity index (χ3n) is 5.87. The van der Waals surface area contributed by atoms with Crippen LogP contribution in [0.15, 0.2) is 41.2 Å². The predicted octanol–water partition coefficient (Wildman–Crippen LogP) is 5.20. The zero-order chi connectivity index (χ0) is 28.3. The van der Waals surface area contributed by atoms with Gasteiger partial charge in [0, 0.05) is 30.6 Å². The smallest absolute Gasteiger partial charge is 0.377 e. The van der Waals surface area contributed by atoms with Gasteiger partial charge in [0.2, 0.25) is 0 Å². The maximum Gasteiger partial charge on any atom is 0.435 e. The number of pyridine rings is 1. The summed E-state index contributed by atoms with van der Waals surface area (Å²) in [5.74, 6) is 5.53. The molecule has 0 aliphatic heterocycles. The lowest BCUT2D eigenvalue weighted by molar-refractivity contribution is -0.140. The van der Waals surface area contributed by atoms with Crippen molar-refractivity contribution < 1.29 is 21.6 Å². The van der Waals surface area contributed by atoms with Crippen molar-refractivity contribution in [1.29, 1.82) is 0 Å². The molecule has 37 heavy (non-hydrogen) atoms. The van der Waals surface area contributed by atoms with E-state index in [1.54, 1.807) is 45.0 Å². The van der Waals surface area contributed by atoms with Crippen molar-refractivity contribution in [3.05, 3.63) is 80.5 Å². The summed E-state index contributed by atoms with van der Waals surface area (Å²) in [6, 6.07) is 8.88. The van der Waals surface area contributed by atoms with Crippen LogP contribution in [0, 0.1) is 32.6 Å². The molecule has 200 valence electrons. The predicted molar refractivity (Wildman–Crippen MR) is 141 cm³/mol. The zero-order valence-corrected chi connectivity index (χ0v) is 23.0. The van der Waals surface area contributed by atoms with Gasteiger partial charge in [-0.25, -0.2) is 13.4 Å². The summed E-state index contributed by atoms with van der Waals surface area (Å²) in [4.78, 5) is 16.6. The normalized spacial score (nSPS) is 12.7. The summed E-state index contributed by atoms with van der Waals surface area (Å²) in [7, 11) is -1.98. The largest absolute Gasteiger partial charge is 0.435 e. The van der Waals surface area contributed by atoms with Crippen molar-refractivity contribution in [3.63, 3.8) is 0 Å². The molecule has 6 nitrogen and oxygen atoms in total. The van der Waals surface area contributed by atoms with E-state index in [0.717, 1.165) is 11.8 Å². The monoisotopic (exact) mass is 535 g/mol. The molecule has 0 amide bonds. The molecule has 0 aliphatic carbocycles. The molecule has 0 aliphatic rings. The maximum absolute atomic E-state index is 13.6. The minimum atomic E-state index is -4.64. The van der Waals surface area contributed by atoms with E-state index < -0.39 is 32.5 Å². The Balaban J connectivity index is 2.75. The summed E-state index contributed by atoms with van der Waals surface area (Å²) in [5.41, 5.74) is 0.734. The third-order valence-corrected chi connectivity index (χ3v) is 7.83. The van der Waals surface area contributed by atoms with E-state index in [0.29, 0.717) is 11.1 Å². The zero-order valence-electron chi connectivity index (χ0n) is 22.2. The standard InChI is InChI=1S/C27H32F3N3O3S/c1-17-15-18(2)25(34)33(7)22(13-14-26(5,6)37(8,35)36)11-10-21(16-17)20(4)32-23-12-9-19(3)31-24(23)27(28,29)30/h9-12,15-16,20,32H,1-8H3/t20-/m1/s1. The van der Waals surface area contributed by atoms with Gasteiger partial charge < -0.3 is 9.88 Å². The SMILES string of the molecule is Cc1cc([C@@H](C)Nc2ccc(C)nc2C(F)(F)F)ccc(C#CC(C)(C)S(C)(=O)=O)n(C)c(=O)c(C)c1. The van der Waals surface area contributed by atoms with Crippen LogP contribution in [-0.4, -0.2) is 29.0 Å². The van der Waals surface area contributed by atoms with Crippen molar-refractivity contribution in [2.24, 2.45) is 7.05 Å². The van der Waals surface area contributed by atoms with Crippen LogP contribution < -0.4 is 10.9 Å². The van der Waals surface area contributed by atoms with Crippen molar-refractivity contribution in [2.75, 3.05) is 11.6 Å². The van der Waals surface area contributed by atoms with Gasteiger partial charge in [0.05, 0.1) is 11.4 Å². The van der Waals surface area contributed by atoms with Gasteiger partial charge in [-0.1, -0.05) is 29.7 Å². The van der Waals surface area contributed by atoms with E-state index in [9.17, 15) is 26.4 Å². The van der Waals surface area contributed by atoms with Gasteiger partial charge in [0.25, 0.3) is 5.56 Å². The topological polar surface area (TPSA) is 81.1 Å². The van der Waals surface area contributed by atoms with Crippen molar-refractivity contribution >= 4 is 15.5 Å². The molecule has 0 fully saturated rings. The number of hydrogen-bond donors (Lipinski definition) is 1.